The van der Waals surface area contributed by atoms with Gasteiger partial charge in [0.25, 0.3) is 0 Å². The summed E-state index contributed by atoms with van der Waals surface area (Å²) in [6, 6.07) is 0. The molecule has 0 N–H and O–H groups in total. The van der Waals surface area contributed by atoms with Crippen LogP contribution in [0, 0.1) is 17.8 Å². The first-order valence-electron chi connectivity index (χ1n) is 4.45. The highest BCUT2D eigenvalue weighted by Crippen LogP contribution is 2.26. The summed E-state index contributed by atoms with van der Waals surface area (Å²) in [4.78, 5) is 0. The van der Waals surface area contributed by atoms with E-state index in [4.69, 9.17) is 0 Å². The van der Waals surface area contributed by atoms with Crippen molar-refractivity contribution in [1.29, 1.82) is 0 Å². The molecule has 0 aromatic heterocycles. The molecular formula is C10H21. The van der Waals surface area contributed by atoms with E-state index in [1.54, 1.807) is 5.92 Å². The molecule has 0 saturated carbocycles. The molecule has 0 bridgehead atoms. The SMILES string of the molecule is CC[C](C)C(C)C(C)CC. The summed E-state index contributed by atoms with van der Waals surface area (Å²) >= 11 is 0. The van der Waals surface area contributed by atoms with Crippen LogP contribution in [0.3, 0.4) is 0 Å². The van der Waals surface area contributed by atoms with E-state index >= 15 is 0 Å². The van der Waals surface area contributed by atoms with E-state index in [2.05, 4.69) is 34.6 Å². The van der Waals surface area contributed by atoms with Crippen LogP contribution >= 0.6 is 0 Å². The second kappa shape index (κ2) is 4.76. The molecule has 2 unspecified atom stereocenters. The van der Waals surface area contributed by atoms with Gasteiger partial charge in [-0.05, 0) is 24.2 Å². The van der Waals surface area contributed by atoms with Gasteiger partial charge in [0.1, 0.15) is 0 Å². The lowest BCUT2D eigenvalue weighted by Crippen LogP contribution is -2.13. The Hall–Kier alpha value is 0. The molecule has 1 radical (unpaired) electrons. The molecule has 0 aliphatic rings. The molecule has 0 heteroatoms. The van der Waals surface area contributed by atoms with Crippen LogP contribution in [0.2, 0.25) is 0 Å². The van der Waals surface area contributed by atoms with Crippen molar-refractivity contribution in [1.82, 2.24) is 0 Å². The summed E-state index contributed by atoms with van der Waals surface area (Å²) in [7, 11) is 0. The molecule has 0 saturated heterocycles. The summed E-state index contributed by atoms with van der Waals surface area (Å²) in [5, 5.41) is 0. The average molecular weight is 141 g/mol. The molecule has 0 aromatic rings. The Labute approximate surface area is 66.0 Å². The highest BCUT2D eigenvalue weighted by molar-refractivity contribution is 4.90. The second-order valence-corrected chi connectivity index (χ2v) is 3.37. The third-order valence-electron chi connectivity index (χ3n) is 2.83. The lowest BCUT2D eigenvalue weighted by Gasteiger charge is -2.23. The molecule has 0 fully saturated rings. The van der Waals surface area contributed by atoms with Crippen molar-refractivity contribution in [2.75, 3.05) is 0 Å². The zero-order chi connectivity index (χ0) is 8.15. The van der Waals surface area contributed by atoms with Gasteiger partial charge in [-0.15, -0.1) is 0 Å². The van der Waals surface area contributed by atoms with Gasteiger partial charge >= 0.3 is 0 Å². The molecule has 2 atom stereocenters. The lowest BCUT2D eigenvalue weighted by atomic mass is 9.82. The van der Waals surface area contributed by atoms with Crippen LogP contribution in [0.5, 0.6) is 0 Å². The van der Waals surface area contributed by atoms with Crippen LogP contribution in [0.1, 0.15) is 47.5 Å². The highest BCUT2D eigenvalue weighted by Gasteiger charge is 2.15. The minimum Gasteiger partial charge on any atom is -0.0651 e. The third kappa shape index (κ3) is 2.72. The molecule has 0 rings (SSSR count). The van der Waals surface area contributed by atoms with Gasteiger partial charge in [-0.25, -0.2) is 0 Å². The van der Waals surface area contributed by atoms with Crippen molar-refractivity contribution >= 4 is 0 Å². The summed E-state index contributed by atoms with van der Waals surface area (Å²) in [6.07, 6.45) is 2.55. The van der Waals surface area contributed by atoms with Gasteiger partial charge in [-0.3, -0.25) is 0 Å². The molecule has 0 aromatic carbocycles. The van der Waals surface area contributed by atoms with Crippen LogP contribution in [0.4, 0.5) is 0 Å². The summed E-state index contributed by atoms with van der Waals surface area (Å²) in [5.74, 6) is 3.32. The smallest absolute Gasteiger partial charge is 0.0244 e. The highest BCUT2D eigenvalue weighted by atomic mass is 14.2. The Bertz CT molecular complexity index is 66.1. The van der Waals surface area contributed by atoms with Crippen molar-refractivity contribution in [3.05, 3.63) is 5.92 Å². The molecule has 0 spiro atoms. The monoisotopic (exact) mass is 141 g/mol. The maximum atomic E-state index is 2.34. The van der Waals surface area contributed by atoms with Crippen LogP contribution in [0.15, 0.2) is 0 Å². The van der Waals surface area contributed by atoms with Gasteiger partial charge in [0, 0.05) is 0 Å². The number of rotatable bonds is 4. The van der Waals surface area contributed by atoms with E-state index in [1.807, 2.05) is 0 Å². The van der Waals surface area contributed by atoms with E-state index in [9.17, 15) is 0 Å². The van der Waals surface area contributed by atoms with Gasteiger partial charge in [0.15, 0.2) is 0 Å². The van der Waals surface area contributed by atoms with Gasteiger partial charge < -0.3 is 0 Å². The van der Waals surface area contributed by atoms with Crippen LogP contribution in [-0.4, -0.2) is 0 Å². The maximum absolute atomic E-state index is 2.34. The lowest BCUT2D eigenvalue weighted by molar-refractivity contribution is 0.381. The zero-order valence-corrected chi connectivity index (χ0v) is 8.07. The first-order chi connectivity index (χ1) is 4.63. The first kappa shape index (κ1) is 10.0. The standard InChI is InChI=1S/C10H21/c1-6-8(3)10(5)9(4)7-2/h8,10H,6-7H2,1-5H3. The van der Waals surface area contributed by atoms with Crippen LogP contribution in [-0.2, 0) is 0 Å². The van der Waals surface area contributed by atoms with Crippen molar-refractivity contribution in [3.8, 4) is 0 Å². The Balaban J connectivity index is 3.69. The molecule has 10 heavy (non-hydrogen) atoms. The zero-order valence-electron chi connectivity index (χ0n) is 8.07. The van der Waals surface area contributed by atoms with Crippen LogP contribution in [0.25, 0.3) is 0 Å². The Kier molecular flexibility index (Phi) is 4.76. The number of hydrogen-bond acceptors (Lipinski definition) is 0. The summed E-state index contributed by atoms with van der Waals surface area (Å²) < 4.78 is 0. The molecule has 0 amide bonds. The topological polar surface area (TPSA) is 0 Å². The van der Waals surface area contributed by atoms with Crippen molar-refractivity contribution in [2.24, 2.45) is 11.8 Å². The predicted molar refractivity (Wildman–Crippen MR) is 47.8 cm³/mol. The maximum Gasteiger partial charge on any atom is -0.0244 e. The second-order valence-electron chi connectivity index (χ2n) is 3.37. The Morgan fingerprint density at radius 1 is 1.20 bits per heavy atom. The van der Waals surface area contributed by atoms with Crippen LogP contribution < -0.4 is 0 Å². The van der Waals surface area contributed by atoms with Gasteiger partial charge in [-0.1, -0.05) is 41.0 Å². The Morgan fingerprint density at radius 2 is 1.70 bits per heavy atom. The summed E-state index contributed by atoms with van der Waals surface area (Å²) in [6.45, 7) is 11.5. The normalized spacial score (nSPS) is 17.4. The van der Waals surface area contributed by atoms with E-state index in [0.29, 0.717) is 0 Å². The molecule has 0 nitrogen and oxygen atoms in total. The van der Waals surface area contributed by atoms with Crippen molar-refractivity contribution < 1.29 is 0 Å². The Morgan fingerprint density at radius 3 is 2.00 bits per heavy atom. The molecule has 0 aliphatic carbocycles. The third-order valence-corrected chi connectivity index (χ3v) is 2.83. The fourth-order valence-electron chi connectivity index (χ4n) is 1.16. The minimum atomic E-state index is 0.815. The quantitative estimate of drug-likeness (QED) is 0.560. The van der Waals surface area contributed by atoms with E-state index < -0.39 is 0 Å². The van der Waals surface area contributed by atoms with E-state index in [1.165, 1.54) is 12.8 Å². The largest absolute Gasteiger partial charge is 0.0651 e. The molecular weight excluding hydrogens is 120 g/mol. The van der Waals surface area contributed by atoms with E-state index in [0.717, 1.165) is 11.8 Å². The first-order valence-corrected chi connectivity index (χ1v) is 4.45. The van der Waals surface area contributed by atoms with Crippen molar-refractivity contribution in [2.45, 2.75) is 47.5 Å². The minimum absolute atomic E-state index is 0.815. The molecule has 0 heterocycles. The molecule has 61 valence electrons. The van der Waals surface area contributed by atoms with E-state index in [-0.39, 0.29) is 0 Å². The van der Waals surface area contributed by atoms with Crippen molar-refractivity contribution in [3.63, 3.8) is 0 Å². The summed E-state index contributed by atoms with van der Waals surface area (Å²) in [5.41, 5.74) is 0. The molecule has 0 aliphatic heterocycles. The van der Waals surface area contributed by atoms with Gasteiger partial charge in [0.05, 0.1) is 0 Å². The fourth-order valence-corrected chi connectivity index (χ4v) is 1.16. The number of hydrogen-bond donors (Lipinski definition) is 0. The fraction of sp³-hybridized carbons (Fsp3) is 0.900. The average Bonchev–Trinajstić information content (AvgIpc) is 2.00. The van der Waals surface area contributed by atoms with Gasteiger partial charge in [-0.2, -0.15) is 0 Å². The predicted octanol–water partition coefficient (Wildman–Crippen LogP) is 3.67. The van der Waals surface area contributed by atoms with Gasteiger partial charge in [0.2, 0.25) is 0 Å².